The van der Waals surface area contributed by atoms with Gasteiger partial charge in [-0.2, -0.15) is 0 Å². The van der Waals surface area contributed by atoms with Crippen LogP contribution in [0.5, 0.6) is 0 Å². The number of rotatable bonds is 11. The van der Waals surface area contributed by atoms with Gasteiger partial charge in [-0.15, -0.1) is 0 Å². The van der Waals surface area contributed by atoms with E-state index >= 15 is 4.39 Å². The highest BCUT2D eigenvalue weighted by atomic mass is 19.1. The summed E-state index contributed by atoms with van der Waals surface area (Å²) in [4.78, 5) is 40.8. The number of carbonyl (C=O) groups excluding carboxylic acids is 1. The van der Waals surface area contributed by atoms with E-state index in [-0.39, 0.29) is 23.3 Å². The number of nitrogens with zero attached hydrogens (tertiary/aromatic N) is 5. The normalized spacial score (nSPS) is 11.5. The van der Waals surface area contributed by atoms with Crippen molar-refractivity contribution >= 4 is 22.8 Å². The van der Waals surface area contributed by atoms with Gasteiger partial charge in [0.05, 0.1) is 23.0 Å². The number of ketones is 1. The van der Waals surface area contributed by atoms with Crippen molar-refractivity contribution in [3.8, 4) is 0 Å². The third-order valence-corrected chi connectivity index (χ3v) is 6.89. The van der Waals surface area contributed by atoms with Crippen LogP contribution in [0.25, 0.3) is 17.0 Å². The molecule has 0 amide bonds. The van der Waals surface area contributed by atoms with Crippen molar-refractivity contribution in [3.63, 3.8) is 0 Å². The first-order valence-electron chi connectivity index (χ1n) is 13.8. The van der Waals surface area contributed by atoms with Gasteiger partial charge in [0.2, 0.25) is 0 Å². The summed E-state index contributed by atoms with van der Waals surface area (Å²) in [6.45, 7) is 1.21. The molecule has 0 aliphatic heterocycles. The fourth-order valence-electron chi connectivity index (χ4n) is 4.77. The second kappa shape index (κ2) is 13.2. The minimum Gasteiger partial charge on any atom is -0.310 e. The number of carbonyl (C=O) groups is 1. The fourth-order valence-corrected chi connectivity index (χ4v) is 4.77. The Morgan fingerprint density at radius 3 is 2.55 bits per heavy atom. The van der Waals surface area contributed by atoms with Crippen LogP contribution in [-0.2, 0) is 19.5 Å². The number of halogens is 1. The van der Waals surface area contributed by atoms with Crippen LogP contribution >= 0.6 is 0 Å². The molecule has 0 fully saturated rings. The molecule has 0 unspecified atom stereocenters. The first kappa shape index (κ1) is 28.7. The van der Waals surface area contributed by atoms with E-state index in [2.05, 4.69) is 44.1 Å². The number of hydrogen-bond acceptors (Lipinski definition) is 6. The van der Waals surface area contributed by atoms with E-state index in [1.54, 1.807) is 61.1 Å². The Morgan fingerprint density at radius 2 is 1.79 bits per heavy atom. The zero-order valence-corrected chi connectivity index (χ0v) is 23.7. The average molecular weight is 562 g/mol. The molecule has 0 saturated heterocycles. The van der Waals surface area contributed by atoms with Crippen LogP contribution in [0.1, 0.15) is 51.3 Å². The van der Waals surface area contributed by atoms with E-state index in [9.17, 15) is 9.59 Å². The molecule has 0 spiro atoms. The highest BCUT2D eigenvalue weighted by molar-refractivity contribution is 5.95. The van der Waals surface area contributed by atoms with Gasteiger partial charge in [-0.05, 0) is 67.5 Å². The summed E-state index contributed by atoms with van der Waals surface area (Å²) in [5, 5.41) is 0.344. The largest absolute Gasteiger partial charge is 0.310 e. The van der Waals surface area contributed by atoms with Gasteiger partial charge >= 0.3 is 0 Å². The number of fused-ring (bicyclic) bond motifs is 1. The first-order valence-corrected chi connectivity index (χ1v) is 13.8. The number of pyridine rings is 2. The summed E-state index contributed by atoms with van der Waals surface area (Å²) in [7, 11) is 4.07. The smallest absolute Gasteiger partial charge is 0.261 e. The monoisotopic (exact) mass is 561 g/mol. The van der Waals surface area contributed by atoms with Crippen LogP contribution < -0.4 is 5.56 Å². The third kappa shape index (κ3) is 7.08. The van der Waals surface area contributed by atoms with Gasteiger partial charge in [-0.3, -0.25) is 14.6 Å². The van der Waals surface area contributed by atoms with E-state index < -0.39 is 5.82 Å². The highest BCUT2D eigenvalue weighted by Crippen LogP contribution is 2.21. The number of Topliss-reactive ketones (excluding diaryl/α,β-unsaturated/α-hetero) is 1. The molecule has 212 valence electrons. The quantitative estimate of drug-likeness (QED) is 0.192. The fraction of sp³-hybridized carbons (Fsp3) is 0.206. The molecule has 0 saturated carbocycles. The lowest BCUT2D eigenvalue weighted by atomic mass is 10.1. The van der Waals surface area contributed by atoms with Crippen LogP contribution in [0.4, 0.5) is 4.39 Å². The van der Waals surface area contributed by atoms with Crippen molar-refractivity contribution in [1.82, 2.24) is 24.4 Å². The molecule has 8 heteroatoms. The number of hydrogen-bond donors (Lipinski definition) is 0. The van der Waals surface area contributed by atoms with Gasteiger partial charge in [0.1, 0.15) is 11.6 Å². The molecule has 0 bridgehead atoms. The van der Waals surface area contributed by atoms with E-state index in [1.807, 2.05) is 20.2 Å². The second-order valence-electron chi connectivity index (χ2n) is 10.5. The molecule has 0 aliphatic rings. The maximum Gasteiger partial charge on any atom is 0.261 e. The summed E-state index contributed by atoms with van der Waals surface area (Å²) in [6, 6.07) is 18.7. The van der Waals surface area contributed by atoms with Crippen molar-refractivity contribution in [1.29, 1.82) is 0 Å². The highest BCUT2D eigenvalue weighted by Gasteiger charge is 2.13. The molecule has 3 heterocycles. The van der Waals surface area contributed by atoms with Gasteiger partial charge < -0.3 is 9.47 Å². The van der Waals surface area contributed by atoms with Crippen molar-refractivity contribution in [2.45, 2.75) is 32.4 Å². The maximum atomic E-state index is 15.3. The predicted octanol–water partition coefficient (Wildman–Crippen LogP) is 5.70. The Hall–Kier alpha value is -4.82. The van der Waals surface area contributed by atoms with Gasteiger partial charge in [-0.1, -0.05) is 42.5 Å². The molecule has 5 aromatic rings. The van der Waals surface area contributed by atoms with Crippen LogP contribution in [0.2, 0.25) is 0 Å². The topological polar surface area (TPSA) is 81.0 Å². The lowest BCUT2D eigenvalue weighted by molar-refractivity contribution is 0.0981. The van der Waals surface area contributed by atoms with Crippen molar-refractivity contribution in [2.75, 3.05) is 14.1 Å². The molecule has 5 rings (SSSR count). The second-order valence-corrected chi connectivity index (χ2v) is 10.5. The summed E-state index contributed by atoms with van der Waals surface area (Å²) in [5.74, 6) is -0.0297. The van der Waals surface area contributed by atoms with Crippen molar-refractivity contribution in [2.24, 2.45) is 0 Å². The van der Waals surface area contributed by atoms with Gasteiger partial charge in [0.15, 0.2) is 5.78 Å². The first-order chi connectivity index (χ1) is 20.4. The number of aromatic nitrogens is 4. The number of benzene rings is 2. The van der Waals surface area contributed by atoms with Crippen molar-refractivity contribution < 1.29 is 9.18 Å². The van der Waals surface area contributed by atoms with E-state index in [4.69, 9.17) is 0 Å². The van der Waals surface area contributed by atoms with E-state index in [0.717, 1.165) is 17.7 Å². The predicted molar refractivity (Wildman–Crippen MR) is 163 cm³/mol. The molecule has 0 radical (unpaired) electrons. The molecule has 0 N–H and O–H groups in total. The van der Waals surface area contributed by atoms with Crippen LogP contribution in [0.15, 0.2) is 96.3 Å². The maximum absolute atomic E-state index is 15.3. The molecule has 0 aliphatic carbocycles. The average Bonchev–Trinajstić information content (AvgIpc) is 2.98. The van der Waals surface area contributed by atoms with E-state index in [1.165, 1.54) is 16.3 Å². The SMILES string of the molecule is CN(C)Cc1ccc(Cc2ncc3c(F)c(/C=C/CCC(=O)c4cccn(Cc5cccnc5)c4=O)ccc3n2)cc1. The van der Waals surface area contributed by atoms with E-state index in [0.29, 0.717) is 41.7 Å². The molecule has 2 aromatic carbocycles. The standard InChI is InChI=1S/C34H32FN5O2/c1-39(2)22-25-13-11-24(12-14-25)19-32-37-21-29-30(38-32)16-15-27(33(29)35)8-3-4-10-31(41)28-9-6-18-40(34(28)42)23-26-7-5-17-36-20-26/h3,5-9,11-18,20-21H,4,10,19,22-23H2,1-2H3/b8-3+. The lowest BCUT2D eigenvalue weighted by Gasteiger charge is -2.10. The lowest BCUT2D eigenvalue weighted by Crippen LogP contribution is -2.26. The van der Waals surface area contributed by atoms with Gasteiger partial charge in [-0.25, -0.2) is 14.4 Å². The van der Waals surface area contributed by atoms with Gasteiger partial charge in [0, 0.05) is 49.7 Å². The Labute approximate surface area is 244 Å². The summed E-state index contributed by atoms with van der Waals surface area (Å²) < 4.78 is 16.8. The summed E-state index contributed by atoms with van der Waals surface area (Å²) >= 11 is 0. The summed E-state index contributed by atoms with van der Waals surface area (Å²) in [5.41, 5.74) is 3.93. The third-order valence-electron chi connectivity index (χ3n) is 6.89. The molecule has 3 aromatic heterocycles. The molecule has 42 heavy (non-hydrogen) atoms. The molecular formula is C34H32FN5O2. The Morgan fingerprint density at radius 1 is 0.976 bits per heavy atom. The molecular weight excluding hydrogens is 529 g/mol. The Bertz CT molecular complexity index is 1780. The zero-order valence-electron chi connectivity index (χ0n) is 23.7. The summed E-state index contributed by atoms with van der Waals surface area (Å²) in [6.07, 6.45) is 11.0. The van der Waals surface area contributed by atoms with Crippen molar-refractivity contribution in [3.05, 3.63) is 141 Å². The minimum absolute atomic E-state index is 0.139. The van der Waals surface area contributed by atoms with Gasteiger partial charge in [0.25, 0.3) is 5.56 Å². The molecule has 7 nitrogen and oxygen atoms in total. The minimum atomic E-state index is -0.406. The Kier molecular flexibility index (Phi) is 9.04. The Balaban J connectivity index is 1.21. The van der Waals surface area contributed by atoms with Crippen LogP contribution in [-0.4, -0.2) is 44.3 Å². The number of allylic oxidation sites excluding steroid dienone is 1. The zero-order chi connectivity index (χ0) is 29.5. The van der Waals surface area contributed by atoms with Crippen LogP contribution in [0, 0.1) is 5.82 Å². The van der Waals surface area contributed by atoms with Crippen LogP contribution in [0.3, 0.4) is 0 Å². The molecule has 0 atom stereocenters.